The summed E-state index contributed by atoms with van der Waals surface area (Å²) >= 11 is 0. The molecule has 0 saturated carbocycles. The lowest BCUT2D eigenvalue weighted by Gasteiger charge is -2.51. The highest BCUT2D eigenvalue weighted by Gasteiger charge is 2.42. The predicted molar refractivity (Wildman–Crippen MR) is 93.5 cm³/mol. The van der Waals surface area contributed by atoms with Crippen molar-refractivity contribution in [1.29, 1.82) is 0 Å². The first-order chi connectivity index (χ1) is 11.2. The standard InChI is InChI=1S/C18H28N4O2/c1-11-6-7-13-15(11)16(20-10-19-13)22-12(2)8-21(17(23)24)9-14(22)18(3,4)5/h10-12,14H,6-9H2,1-5H3,(H,23,24)/t11-,12?,14?/m1/s1. The smallest absolute Gasteiger partial charge is 0.407 e. The molecule has 1 aliphatic carbocycles. The van der Waals surface area contributed by atoms with Crippen LogP contribution in [-0.4, -0.2) is 51.2 Å². The van der Waals surface area contributed by atoms with Gasteiger partial charge in [-0.1, -0.05) is 27.7 Å². The van der Waals surface area contributed by atoms with Gasteiger partial charge in [0.05, 0.1) is 6.04 Å². The molecule has 2 aliphatic rings. The van der Waals surface area contributed by atoms with E-state index in [2.05, 4.69) is 49.5 Å². The molecule has 0 spiro atoms. The van der Waals surface area contributed by atoms with Gasteiger partial charge in [-0.25, -0.2) is 14.8 Å². The first-order valence-electron chi connectivity index (χ1n) is 8.80. The Morgan fingerprint density at radius 3 is 2.58 bits per heavy atom. The molecular formula is C18H28N4O2. The second-order valence-corrected chi connectivity index (χ2v) is 8.32. The van der Waals surface area contributed by atoms with Crippen molar-refractivity contribution < 1.29 is 9.90 Å². The number of aryl methyl sites for hydroxylation is 1. The van der Waals surface area contributed by atoms with Crippen LogP contribution in [0.4, 0.5) is 10.6 Å². The Hall–Kier alpha value is -1.85. The molecule has 1 aliphatic heterocycles. The minimum absolute atomic E-state index is 0.0535. The SMILES string of the molecule is CC1CN(C(=O)O)CC(C(C)(C)C)N1c1ncnc2c1[C@H](C)CC2. The molecule has 3 atom stereocenters. The zero-order valence-corrected chi connectivity index (χ0v) is 15.3. The summed E-state index contributed by atoms with van der Waals surface area (Å²) < 4.78 is 0. The Balaban J connectivity index is 2.05. The first-order valence-corrected chi connectivity index (χ1v) is 8.80. The zero-order valence-electron chi connectivity index (χ0n) is 15.3. The summed E-state index contributed by atoms with van der Waals surface area (Å²) in [6.07, 6.45) is 2.96. The average Bonchev–Trinajstić information content (AvgIpc) is 2.87. The Morgan fingerprint density at radius 1 is 1.25 bits per heavy atom. The number of aromatic nitrogens is 2. The fraction of sp³-hybridized carbons (Fsp3) is 0.722. The summed E-state index contributed by atoms with van der Waals surface area (Å²) in [5.74, 6) is 1.48. The van der Waals surface area contributed by atoms with E-state index >= 15 is 0 Å². The molecule has 1 saturated heterocycles. The minimum atomic E-state index is -0.836. The van der Waals surface area contributed by atoms with Gasteiger partial charge in [-0.05, 0) is 31.1 Å². The average molecular weight is 332 g/mol. The highest BCUT2D eigenvalue weighted by molar-refractivity contribution is 5.66. The first kappa shape index (κ1) is 17.0. The van der Waals surface area contributed by atoms with Crippen molar-refractivity contribution in [3.8, 4) is 0 Å². The summed E-state index contributed by atoms with van der Waals surface area (Å²) in [5.41, 5.74) is 2.37. The van der Waals surface area contributed by atoms with Crippen LogP contribution >= 0.6 is 0 Å². The van der Waals surface area contributed by atoms with E-state index in [0.29, 0.717) is 19.0 Å². The third-order valence-electron chi connectivity index (χ3n) is 5.46. The summed E-state index contributed by atoms with van der Waals surface area (Å²) in [6.45, 7) is 11.9. The maximum absolute atomic E-state index is 11.5. The fourth-order valence-electron chi connectivity index (χ4n) is 4.12. The van der Waals surface area contributed by atoms with Gasteiger partial charge in [-0.3, -0.25) is 0 Å². The number of anilines is 1. The van der Waals surface area contributed by atoms with Crippen LogP contribution in [0.25, 0.3) is 0 Å². The summed E-state index contributed by atoms with van der Waals surface area (Å²) in [4.78, 5) is 24.6. The lowest BCUT2D eigenvalue weighted by molar-refractivity contribution is 0.107. The van der Waals surface area contributed by atoms with Crippen LogP contribution in [0.15, 0.2) is 6.33 Å². The van der Waals surface area contributed by atoms with E-state index in [0.717, 1.165) is 24.4 Å². The van der Waals surface area contributed by atoms with Crippen LogP contribution in [-0.2, 0) is 6.42 Å². The number of carbonyl (C=O) groups is 1. The van der Waals surface area contributed by atoms with Crippen molar-refractivity contribution in [3.63, 3.8) is 0 Å². The van der Waals surface area contributed by atoms with Gasteiger partial charge >= 0.3 is 6.09 Å². The van der Waals surface area contributed by atoms with E-state index in [4.69, 9.17) is 0 Å². The molecule has 2 heterocycles. The van der Waals surface area contributed by atoms with Crippen LogP contribution in [0, 0.1) is 5.41 Å². The Bertz CT molecular complexity index is 640. The molecule has 24 heavy (non-hydrogen) atoms. The number of hydrogen-bond donors (Lipinski definition) is 1. The van der Waals surface area contributed by atoms with E-state index in [-0.39, 0.29) is 17.5 Å². The Kier molecular flexibility index (Phi) is 4.18. The van der Waals surface area contributed by atoms with E-state index in [1.54, 1.807) is 11.2 Å². The molecule has 1 N–H and O–H groups in total. The molecule has 1 fully saturated rings. The van der Waals surface area contributed by atoms with Gasteiger partial charge in [-0.2, -0.15) is 0 Å². The monoisotopic (exact) mass is 332 g/mol. The van der Waals surface area contributed by atoms with E-state index in [1.165, 1.54) is 5.56 Å². The molecular weight excluding hydrogens is 304 g/mol. The molecule has 1 amide bonds. The van der Waals surface area contributed by atoms with Crippen molar-refractivity contribution in [2.75, 3.05) is 18.0 Å². The van der Waals surface area contributed by atoms with Crippen molar-refractivity contribution in [2.24, 2.45) is 5.41 Å². The maximum atomic E-state index is 11.5. The molecule has 1 aromatic rings. The second-order valence-electron chi connectivity index (χ2n) is 8.32. The quantitative estimate of drug-likeness (QED) is 0.855. The number of rotatable bonds is 1. The number of amides is 1. The summed E-state index contributed by atoms with van der Waals surface area (Å²) in [5, 5.41) is 9.48. The molecule has 132 valence electrons. The zero-order chi connectivity index (χ0) is 17.6. The molecule has 6 heteroatoms. The van der Waals surface area contributed by atoms with Crippen LogP contribution in [0.3, 0.4) is 0 Å². The largest absolute Gasteiger partial charge is 0.465 e. The third-order valence-corrected chi connectivity index (χ3v) is 5.46. The summed E-state index contributed by atoms with van der Waals surface area (Å²) in [7, 11) is 0. The van der Waals surface area contributed by atoms with Crippen molar-refractivity contribution in [1.82, 2.24) is 14.9 Å². The van der Waals surface area contributed by atoms with Gasteiger partial charge in [-0.15, -0.1) is 0 Å². The number of carboxylic acid groups (broad SMARTS) is 1. The fourth-order valence-corrected chi connectivity index (χ4v) is 4.12. The molecule has 3 rings (SSSR count). The second kappa shape index (κ2) is 5.90. The van der Waals surface area contributed by atoms with Gasteiger partial charge in [0.25, 0.3) is 0 Å². The molecule has 2 unspecified atom stereocenters. The van der Waals surface area contributed by atoms with Crippen LogP contribution < -0.4 is 4.90 Å². The summed E-state index contributed by atoms with van der Waals surface area (Å²) in [6, 6.07) is 0.176. The normalized spacial score (nSPS) is 27.3. The van der Waals surface area contributed by atoms with E-state index in [1.807, 2.05) is 0 Å². The number of nitrogens with zero attached hydrogens (tertiary/aromatic N) is 4. The molecule has 0 aromatic carbocycles. The molecule has 0 radical (unpaired) electrons. The van der Waals surface area contributed by atoms with E-state index in [9.17, 15) is 9.90 Å². The number of hydrogen-bond acceptors (Lipinski definition) is 4. The minimum Gasteiger partial charge on any atom is -0.465 e. The molecule has 6 nitrogen and oxygen atoms in total. The van der Waals surface area contributed by atoms with Crippen molar-refractivity contribution in [3.05, 3.63) is 17.6 Å². The van der Waals surface area contributed by atoms with Gasteiger partial charge < -0.3 is 14.9 Å². The van der Waals surface area contributed by atoms with Gasteiger partial charge in [0, 0.05) is 30.4 Å². The molecule has 1 aromatic heterocycles. The highest BCUT2D eigenvalue weighted by atomic mass is 16.4. The van der Waals surface area contributed by atoms with Crippen molar-refractivity contribution in [2.45, 2.75) is 65.5 Å². The number of fused-ring (bicyclic) bond motifs is 1. The topological polar surface area (TPSA) is 69.6 Å². The van der Waals surface area contributed by atoms with Crippen LogP contribution in [0.1, 0.15) is 58.2 Å². The predicted octanol–water partition coefficient (Wildman–Crippen LogP) is 3.13. The van der Waals surface area contributed by atoms with E-state index < -0.39 is 6.09 Å². The van der Waals surface area contributed by atoms with Crippen molar-refractivity contribution >= 4 is 11.9 Å². The highest BCUT2D eigenvalue weighted by Crippen LogP contribution is 2.41. The van der Waals surface area contributed by atoms with Gasteiger partial charge in [0.15, 0.2) is 0 Å². The van der Waals surface area contributed by atoms with Gasteiger partial charge in [0.1, 0.15) is 12.1 Å². The molecule has 0 bridgehead atoms. The number of piperazine rings is 1. The lowest BCUT2D eigenvalue weighted by atomic mass is 9.82. The maximum Gasteiger partial charge on any atom is 0.407 e. The Labute approximate surface area is 143 Å². The van der Waals surface area contributed by atoms with Gasteiger partial charge in [0.2, 0.25) is 0 Å². The van der Waals surface area contributed by atoms with Crippen LogP contribution in [0.2, 0.25) is 0 Å². The van der Waals surface area contributed by atoms with Crippen LogP contribution in [0.5, 0.6) is 0 Å². The lowest BCUT2D eigenvalue weighted by Crippen LogP contribution is -2.63. The Morgan fingerprint density at radius 2 is 1.96 bits per heavy atom. The third kappa shape index (κ3) is 2.82.